The van der Waals surface area contributed by atoms with E-state index < -0.39 is 22.8 Å². The number of aliphatic hydroxyl groups excluding tert-OH is 1. The van der Waals surface area contributed by atoms with E-state index in [0.717, 1.165) is 16.5 Å². The van der Waals surface area contributed by atoms with Gasteiger partial charge in [-0.2, -0.15) is 0 Å². The number of hydrogen-bond donors (Lipinski definition) is 1. The number of carbonyl (C=O) groups excluding carboxylic acids is 2. The Morgan fingerprint density at radius 1 is 1.12 bits per heavy atom. The summed E-state index contributed by atoms with van der Waals surface area (Å²) in [5, 5.41) is 20.9. The molecule has 3 rings (SSSR count). The molecule has 1 heterocycles. The summed E-state index contributed by atoms with van der Waals surface area (Å²) in [7, 11) is 0. The molecule has 2 amide bonds. The van der Waals surface area contributed by atoms with Crippen molar-refractivity contribution in [1.82, 2.24) is 4.90 Å². The fourth-order valence-electron chi connectivity index (χ4n) is 2.65. The van der Waals surface area contributed by atoms with Crippen molar-refractivity contribution in [2.24, 2.45) is 0 Å². The summed E-state index contributed by atoms with van der Waals surface area (Å²) in [6, 6.07) is 10.7. The van der Waals surface area contributed by atoms with Crippen molar-refractivity contribution in [3.05, 3.63) is 69.3 Å². The van der Waals surface area contributed by atoms with Crippen LogP contribution in [0.3, 0.4) is 0 Å². The Morgan fingerprint density at radius 3 is 2.42 bits per heavy atom. The standard InChI is InChI=1S/C18H16N2O6/c1-11-2-5-14(6-3-11)26-10-13(21)9-19-17(22)15-7-4-12(20(24)25)8-16(15)18(19)23/h2-8,13,21H,9-10H2,1H3/t13-/m0/s1. The van der Waals surface area contributed by atoms with Crippen LogP contribution in [0.2, 0.25) is 0 Å². The van der Waals surface area contributed by atoms with Gasteiger partial charge in [0.05, 0.1) is 22.6 Å². The lowest BCUT2D eigenvalue weighted by molar-refractivity contribution is -0.384. The lowest BCUT2D eigenvalue weighted by atomic mass is 10.1. The lowest BCUT2D eigenvalue weighted by Gasteiger charge is -2.18. The molecule has 8 heteroatoms. The number of hydrogen-bond acceptors (Lipinski definition) is 6. The molecule has 8 nitrogen and oxygen atoms in total. The van der Waals surface area contributed by atoms with Crippen LogP contribution in [0, 0.1) is 17.0 Å². The molecule has 134 valence electrons. The van der Waals surface area contributed by atoms with Crippen molar-refractivity contribution >= 4 is 17.5 Å². The summed E-state index contributed by atoms with van der Waals surface area (Å²) in [5.74, 6) is -0.690. The zero-order valence-electron chi connectivity index (χ0n) is 13.9. The molecular formula is C18H16N2O6. The van der Waals surface area contributed by atoms with Crippen LogP contribution < -0.4 is 4.74 Å². The molecule has 1 aliphatic rings. The van der Waals surface area contributed by atoms with Gasteiger partial charge in [-0.1, -0.05) is 17.7 Å². The third-order valence-corrected chi connectivity index (χ3v) is 4.02. The summed E-state index contributed by atoms with van der Waals surface area (Å²) in [6.45, 7) is 1.58. The van der Waals surface area contributed by atoms with E-state index in [0.29, 0.717) is 5.75 Å². The van der Waals surface area contributed by atoms with Crippen molar-refractivity contribution in [1.29, 1.82) is 0 Å². The molecule has 0 bridgehead atoms. The second kappa shape index (κ2) is 6.93. The summed E-state index contributed by atoms with van der Waals surface area (Å²) in [4.78, 5) is 35.7. The first-order valence-corrected chi connectivity index (χ1v) is 7.89. The van der Waals surface area contributed by atoms with E-state index in [1.54, 1.807) is 12.1 Å². The Kier molecular flexibility index (Phi) is 4.68. The lowest BCUT2D eigenvalue weighted by Crippen LogP contribution is -2.39. The Bertz CT molecular complexity index is 878. The van der Waals surface area contributed by atoms with Crippen molar-refractivity contribution in [3.63, 3.8) is 0 Å². The number of nitro benzene ring substituents is 1. The van der Waals surface area contributed by atoms with Crippen LogP contribution in [0.5, 0.6) is 5.75 Å². The number of nitrogens with zero attached hydrogens (tertiary/aromatic N) is 2. The minimum absolute atomic E-state index is 0.0316. The summed E-state index contributed by atoms with van der Waals surface area (Å²) in [6.07, 6.45) is -1.09. The Labute approximate surface area is 148 Å². The largest absolute Gasteiger partial charge is 0.491 e. The number of amides is 2. The topological polar surface area (TPSA) is 110 Å². The zero-order valence-corrected chi connectivity index (χ0v) is 13.9. The minimum Gasteiger partial charge on any atom is -0.491 e. The molecule has 0 spiro atoms. The molecule has 0 aliphatic carbocycles. The van der Waals surface area contributed by atoms with Gasteiger partial charge in [0.1, 0.15) is 18.5 Å². The number of non-ortho nitro benzene ring substituents is 1. The number of imide groups is 1. The van der Waals surface area contributed by atoms with Gasteiger partial charge in [-0.05, 0) is 25.1 Å². The number of ether oxygens (including phenoxy) is 1. The van der Waals surface area contributed by atoms with Crippen molar-refractivity contribution in [2.45, 2.75) is 13.0 Å². The van der Waals surface area contributed by atoms with Crippen LogP contribution in [0.15, 0.2) is 42.5 Å². The SMILES string of the molecule is Cc1ccc(OC[C@@H](O)CN2C(=O)c3ccc([N+](=O)[O-])cc3C2=O)cc1. The minimum atomic E-state index is -1.09. The van der Waals surface area contributed by atoms with Crippen molar-refractivity contribution in [3.8, 4) is 5.75 Å². The number of fused-ring (bicyclic) bond motifs is 1. The summed E-state index contributed by atoms with van der Waals surface area (Å²) >= 11 is 0. The number of β-amino-alcohol motifs (C(OH)–C–C–N with tert-alkyl or cyclic N) is 1. The van der Waals surface area contributed by atoms with Gasteiger partial charge in [0, 0.05) is 12.1 Å². The third-order valence-electron chi connectivity index (χ3n) is 4.02. The van der Waals surface area contributed by atoms with E-state index >= 15 is 0 Å². The molecule has 1 aliphatic heterocycles. The smallest absolute Gasteiger partial charge is 0.270 e. The van der Waals surface area contributed by atoms with Crippen LogP contribution in [0.25, 0.3) is 0 Å². The Balaban J connectivity index is 1.66. The van der Waals surface area contributed by atoms with E-state index in [2.05, 4.69) is 0 Å². The molecule has 0 aromatic heterocycles. The number of carbonyl (C=O) groups is 2. The van der Waals surface area contributed by atoms with Crippen LogP contribution in [-0.2, 0) is 0 Å². The van der Waals surface area contributed by atoms with E-state index in [4.69, 9.17) is 4.74 Å². The van der Waals surface area contributed by atoms with Crippen LogP contribution in [-0.4, -0.2) is 46.0 Å². The second-order valence-corrected chi connectivity index (χ2v) is 5.99. The average Bonchev–Trinajstić information content (AvgIpc) is 2.85. The molecule has 2 aromatic rings. The van der Waals surface area contributed by atoms with Gasteiger partial charge in [-0.25, -0.2) is 0 Å². The number of aliphatic hydroxyl groups is 1. The fourth-order valence-corrected chi connectivity index (χ4v) is 2.65. The summed E-state index contributed by atoms with van der Waals surface area (Å²) < 4.78 is 5.44. The van der Waals surface area contributed by atoms with Gasteiger partial charge < -0.3 is 9.84 Å². The normalized spacial score (nSPS) is 14.3. The van der Waals surface area contributed by atoms with Gasteiger partial charge in [0.25, 0.3) is 17.5 Å². The Hall–Kier alpha value is -3.26. The predicted octanol–water partition coefficient (Wildman–Crippen LogP) is 1.94. The highest BCUT2D eigenvalue weighted by atomic mass is 16.6. The maximum absolute atomic E-state index is 12.4. The first-order chi connectivity index (χ1) is 12.4. The number of nitro groups is 1. The fraction of sp³-hybridized carbons (Fsp3) is 0.222. The first-order valence-electron chi connectivity index (χ1n) is 7.89. The van der Waals surface area contributed by atoms with Gasteiger partial charge in [0.2, 0.25) is 0 Å². The highest BCUT2D eigenvalue weighted by molar-refractivity contribution is 6.21. The van der Waals surface area contributed by atoms with Gasteiger partial charge >= 0.3 is 0 Å². The number of aryl methyl sites for hydroxylation is 1. The summed E-state index contributed by atoms with van der Waals surface area (Å²) in [5.41, 5.74) is 0.858. The highest BCUT2D eigenvalue weighted by Gasteiger charge is 2.37. The predicted molar refractivity (Wildman–Crippen MR) is 91.1 cm³/mol. The molecule has 1 N–H and O–H groups in total. The molecule has 0 unspecified atom stereocenters. The van der Waals surface area contributed by atoms with E-state index in [1.807, 2.05) is 19.1 Å². The average molecular weight is 356 g/mol. The van der Waals surface area contributed by atoms with Gasteiger partial charge in [0.15, 0.2) is 0 Å². The monoisotopic (exact) mass is 356 g/mol. The maximum Gasteiger partial charge on any atom is 0.270 e. The quantitative estimate of drug-likeness (QED) is 0.481. The van der Waals surface area contributed by atoms with Gasteiger partial charge in [-0.3, -0.25) is 24.6 Å². The maximum atomic E-state index is 12.4. The van der Waals surface area contributed by atoms with Crippen LogP contribution >= 0.6 is 0 Å². The van der Waals surface area contributed by atoms with Crippen molar-refractivity contribution in [2.75, 3.05) is 13.2 Å². The Morgan fingerprint density at radius 2 is 1.77 bits per heavy atom. The molecular weight excluding hydrogens is 340 g/mol. The molecule has 0 radical (unpaired) electrons. The highest BCUT2D eigenvalue weighted by Crippen LogP contribution is 2.27. The first kappa shape index (κ1) is 17.6. The van der Waals surface area contributed by atoms with Crippen LogP contribution in [0.4, 0.5) is 5.69 Å². The van der Waals surface area contributed by atoms with Gasteiger partial charge in [-0.15, -0.1) is 0 Å². The third kappa shape index (κ3) is 3.40. The van der Waals surface area contributed by atoms with E-state index in [-0.39, 0.29) is 30.0 Å². The molecule has 1 atom stereocenters. The molecule has 0 saturated carbocycles. The molecule has 2 aromatic carbocycles. The van der Waals surface area contributed by atoms with Crippen LogP contribution in [0.1, 0.15) is 26.3 Å². The number of rotatable bonds is 6. The zero-order chi connectivity index (χ0) is 18.8. The molecule has 26 heavy (non-hydrogen) atoms. The number of benzene rings is 2. The van der Waals surface area contributed by atoms with E-state index in [9.17, 15) is 24.8 Å². The van der Waals surface area contributed by atoms with Crippen molar-refractivity contribution < 1.29 is 24.4 Å². The molecule has 0 saturated heterocycles. The van der Waals surface area contributed by atoms with E-state index in [1.165, 1.54) is 12.1 Å². The second-order valence-electron chi connectivity index (χ2n) is 5.99. The molecule has 0 fully saturated rings.